The van der Waals surface area contributed by atoms with Crippen LogP contribution in [0.4, 0.5) is 4.32 Å². The SMILES string of the molecule is FB(Br)Br. The number of hydrogen-bond donors (Lipinski definition) is 0. The molecule has 0 aliphatic carbocycles. The second kappa shape index (κ2) is 2.21. The fourth-order valence-corrected chi connectivity index (χ4v) is 0. The molecule has 0 rings (SSSR count). The Bertz CT molecular complexity index is 10.8. The van der Waals surface area contributed by atoms with Gasteiger partial charge in [0.15, 0.2) is 0 Å². The molecule has 0 atom stereocenters. The monoisotopic (exact) mass is 188 g/mol. The molecule has 0 N–H and O–H groups in total. The Balaban J connectivity index is 2.32. The van der Waals surface area contributed by atoms with Crippen LogP contribution < -0.4 is 0 Å². The molecule has 4 heteroatoms. The van der Waals surface area contributed by atoms with Crippen LogP contribution in [0.5, 0.6) is 0 Å². The van der Waals surface area contributed by atoms with Gasteiger partial charge in [-0.05, 0) is 0 Å². The first kappa shape index (κ1) is 4.95. The normalized spacial score (nSPS) is 6.75. The minimum Gasteiger partial charge on any atom is -0.302 e. The highest BCUT2D eigenvalue weighted by Gasteiger charge is 1.93. The van der Waals surface area contributed by atoms with Gasteiger partial charge in [-0.3, -0.25) is 0 Å². The Morgan fingerprint density at radius 3 is 1.50 bits per heavy atom. The van der Waals surface area contributed by atoms with E-state index in [1.54, 1.807) is 0 Å². The standard InChI is InChI=1S/BBr2F/c2-1(3)4. The van der Waals surface area contributed by atoms with Gasteiger partial charge in [-0.1, -0.05) is 31.5 Å². The predicted molar refractivity (Wildman–Crippen MR) is 24.7 cm³/mol. The zero-order valence-electron chi connectivity index (χ0n) is 1.71. The largest absolute Gasteiger partial charge is 0.493 e. The summed E-state index contributed by atoms with van der Waals surface area (Å²) in [5.74, 6) is 0. The molecule has 0 unspecified atom stereocenters. The maximum absolute atomic E-state index is 10.8. The summed E-state index contributed by atoms with van der Waals surface area (Å²) in [4.78, 5) is 0. The van der Waals surface area contributed by atoms with Gasteiger partial charge in [-0.15, -0.1) is 0 Å². The van der Waals surface area contributed by atoms with Crippen molar-refractivity contribution >= 4 is 36.2 Å². The van der Waals surface area contributed by atoms with Crippen molar-refractivity contribution in [1.82, 2.24) is 0 Å². The molecular formula is BBr2F. The van der Waals surface area contributed by atoms with Gasteiger partial charge in [0, 0.05) is 0 Å². The van der Waals surface area contributed by atoms with Gasteiger partial charge in [0.1, 0.15) is 0 Å². The van der Waals surface area contributed by atoms with E-state index in [4.69, 9.17) is 0 Å². The fourth-order valence-electron chi connectivity index (χ4n) is 0. The van der Waals surface area contributed by atoms with E-state index in [-0.39, 0.29) is 0 Å². The topological polar surface area (TPSA) is 0 Å². The second-order valence-corrected chi connectivity index (χ2v) is 3.08. The van der Waals surface area contributed by atoms with E-state index in [0.717, 1.165) is 0 Å². The molecule has 0 spiro atoms. The number of hydrogen-bond acceptors (Lipinski definition) is 0. The van der Waals surface area contributed by atoms with Gasteiger partial charge in [-0.2, -0.15) is 0 Å². The number of halogens is 3. The summed E-state index contributed by atoms with van der Waals surface area (Å²) in [5.41, 5.74) is 0. The van der Waals surface area contributed by atoms with E-state index in [0.29, 0.717) is 0 Å². The molecule has 0 bridgehead atoms. The third-order valence-electron chi connectivity index (χ3n) is 0. The summed E-state index contributed by atoms with van der Waals surface area (Å²) in [6.07, 6.45) is 0. The smallest absolute Gasteiger partial charge is 0.302 e. The first-order chi connectivity index (χ1) is 1.73. The molecule has 4 heavy (non-hydrogen) atoms. The molecule has 0 saturated carbocycles. The van der Waals surface area contributed by atoms with Crippen LogP contribution in [0.3, 0.4) is 0 Å². The van der Waals surface area contributed by atoms with Crippen molar-refractivity contribution < 1.29 is 4.32 Å². The lowest BCUT2D eigenvalue weighted by atomic mass is 10.7. The third kappa shape index (κ3) is 12.4. The van der Waals surface area contributed by atoms with Crippen molar-refractivity contribution in [3.63, 3.8) is 0 Å². The van der Waals surface area contributed by atoms with Crippen molar-refractivity contribution in [2.24, 2.45) is 0 Å². The van der Waals surface area contributed by atoms with Crippen LogP contribution in [0.15, 0.2) is 0 Å². The summed E-state index contributed by atoms with van der Waals surface area (Å²) >= 11 is 5.04. The van der Waals surface area contributed by atoms with Crippen LogP contribution >= 0.6 is 31.5 Å². The highest BCUT2D eigenvalue weighted by Crippen LogP contribution is 2.00. The maximum atomic E-state index is 10.8. The molecule has 0 aromatic carbocycles. The molecule has 0 fully saturated rings. The van der Waals surface area contributed by atoms with Crippen molar-refractivity contribution in [2.75, 3.05) is 0 Å². The third-order valence-corrected chi connectivity index (χ3v) is 0. The van der Waals surface area contributed by atoms with Crippen LogP contribution in [-0.2, 0) is 0 Å². The molecule has 0 aliphatic heterocycles. The van der Waals surface area contributed by atoms with Gasteiger partial charge in [-0.25, -0.2) is 0 Å². The fraction of sp³-hybridized carbons (Fsp3) is 0. The van der Waals surface area contributed by atoms with Gasteiger partial charge >= 0.3 is 4.64 Å². The molecule has 24 valence electrons. The molecule has 0 nitrogen and oxygen atoms in total. The molecular weight excluding hydrogens is 190 g/mol. The van der Waals surface area contributed by atoms with E-state index in [1.165, 1.54) is 0 Å². The van der Waals surface area contributed by atoms with Crippen LogP contribution in [0.1, 0.15) is 0 Å². The Morgan fingerprint density at radius 1 is 1.50 bits per heavy atom. The van der Waals surface area contributed by atoms with E-state index < -0.39 is 4.64 Å². The van der Waals surface area contributed by atoms with Crippen LogP contribution in [0.2, 0.25) is 0 Å². The summed E-state index contributed by atoms with van der Waals surface area (Å²) in [5, 5.41) is 0. The molecule has 0 heterocycles. The van der Waals surface area contributed by atoms with Gasteiger partial charge in [0.25, 0.3) is 0 Å². The van der Waals surface area contributed by atoms with Crippen molar-refractivity contribution in [2.45, 2.75) is 0 Å². The van der Waals surface area contributed by atoms with E-state index >= 15 is 0 Å². The first-order valence-corrected chi connectivity index (χ1v) is 2.49. The lowest BCUT2D eigenvalue weighted by molar-refractivity contribution is 0.891. The first-order valence-electron chi connectivity index (χ1n) is 0.655. The molecule has 0 radical (unpaired) electrons. The maximum Gasteiger partial charge on any atom is 0.493 e. The quantitative estimate of drug-likeness (QED) is 0.509. The van der Waals surface area contributed by atoms with Crippen molar-refractivity contribution in [3.05, 3.63) is 0 Å². The Morgan fingerprint density at radius 2 is 1.50 bits per heavy atom. The van der Waals surface area contributed by atoms with Crippen LogP contribution in [-0.4, -0.2) is 4.64 Å². The van der Waals surface area contributed by atoms with E-state index in [1.807, 2.05) is 0 Å². The zero-order valence-corrected chi connectivity index (χ0v) is 4.88. The zero-order chi connectivity index (χ0) is 3.58. The minimum atomic E-state index is -1.04. The van der Waals surface area contributed by atoms with Crippen molar-refractivity contribution in [3.8, 4) is 0 Å². The summed E-state index contributed by atoms with van der Waals surface area (Å²) < 4.78 is 9.79. The summed E-state index contributed by atoms with van der Waals surface area (Å²) in [6, 6.07) is 0. The lowest BCUT2D eigenvalue weighted by Crippen LogP contribution is -1.66. The number of rotatable bonds is 0. The van der Waals surface area contributed by atoms with Gasteiger partial charge < -0.3 is 4.32 Å². The minimum absolute atomic E-state index is 1.04. The van der Waals surface area contributed by atoms with Crippen LogP contribution in [0, 0.1) is 0 Å². The predicted octanol–water partition coefficient (Wildman–Crippen LogP) is 1.73. The Hall–Kier alpha value is 0.955. The van der Waals surface area contributed by atoms with Crippen LogP contribution in [0.25, 0.3) is 0 Å². The van der Waals surface area contributed by atoms with E-state index in [9.17, 15) is 4.32 Å². The van der Waals surface area contributed by atoms with Crippen molar-refractivity contribution in [1.29, 1.82) is 0 Å². The summed E-state index contributed by atoms with van der Waals surface area (Å²) in [7, 11) is 0. The average Bonchev–Trinajstić information content (AvgIpc) is 0.811. The molecule has 0 aromatic rings. The highest BCUT2D eigenvalue weighted by atomic mass is 79.9. The summed E-state index contributed by atoms with van der Waals surface area (Å²) in [6.45, 7) is 0. The molecule has 0 aliphatic rings. The Labute approximate surface area is 40.8 Å². The Kier molecular flexibility index (Phi) is 2.73. The average molecular weight is 190 g/mol. The second-order valence-electron chi connectivity index (χ2n) is 0.247. The van der Waals surface area contributed by atoms with Gasteiger partial charge in [0.05, 0.1) is 0 Å². The lowest BCUT2D eigenvalue weighted by Gasteiger charge is -1.60. The van der Waals surface area contributed by atoms with E-state index in [2.05, 4.69) is 31.5 Å². The molecule has 0 amide bonds. The molecule has 0 aromatic heterocycles. The molecule has 0 saturated heterocycles. The highest BCUT2D eigenvalue weighted by molar-refractivity contribution is 9.48. The van der Waals surface area contributed by atoms with Gasteiger partial charge in [0.2, 0.25) is 0 Å².